The van der Waals surface area contributed by atoms with Crippen molar-refractivity contribution in [2.75, 3.05) is 11.1 Å². The van der Waals surface area contributed by atoms with Crippen LogP contribution in [0.4, 0.5) is 11.4 Å². The van der Waals surface area contributed by atoms with Crippen LogP contribution in [0.1, 0.15) is 35.7 Å². The Morgan fingerprint density at radius 3 is 2.52 bits per heavy atom. The molecule has 138 valence electrons. The molecule has 0 fully saturated rings. The number of benzene rings is 2. The summed E-state index contributed by atoms with van der Waals surface area (Å²) >= 11 is 1.64. The Bertz CT molecular complexity index is 931. The zero-order valence-corrected chi connectivity index (χ0v) is 16.0. The number of hydrogen-bond acceptors (Lipinski definition) is 4. The van der Waals surface area contributed by atoms with Crippen LogP contribution in [0.5, 0.6) is 0 Å². The van der Waals surface area contributed by atoms with Gasteiger partial charge >= 0.3 is 0 Å². The van der Waals surface area contributed by atoms with Crippen LogP contribution in [-0.4, -0.2) is 11.7 Å². The molecule has 2 aromatic carbocycles. The van der Waals surface area contributed by atoms with Crippen molar-refractivity contribution in [2.45, 2.75) is 26.2 Å². The van der Waals surface area contributed by atoms with Gasteiger partial charge in [0.05, 0.1) is 11.4 Å². The van der Waals surface area contributed by atoms with E-state index in [1.165, 1.54) is 0 Å². The van der Waals surface area contributed by atoms with Gasteiger partial charge in [-0.25, -0.2) is 0 Å². The molecule has 0 aliphatic heterocycles. The predicted octanol–water partition coefficient (Wildman–Crippen LogP) is 5.16. The molecule has 5 heteroatoms. The largest absolute Gasteiger partial charge is 0.397 e. The van der Waals surface area contributed by atoms with Gasteiger partial charge in [0.1, 0.15) is 5.78 Å². The average Bonchev–Trinajstić information content (AvgIpc) is 3.23. The second-order valence-corrected chi connectivity index (χ2v) is 7.27. The molecule has 3 N–H and O–H groups in total. The lowest BCUT2D eigenvalue weighted by atomic mass is 10.0. The molecule has 0 spiro atoms. The Labute approximate surface area is 163 Å². The first-order chi connectivity index (χ1) is 13.1. The lowest BCUT2D eigenvalue weighted by Crippen LogP contribution is -2.13. The fourth-order valence-corrected chi connectivity index (χ4v) is 3.46. The maximum Gasteiger partial charge on any atom is 0.255 e. The highest BCUT2D eigenvalue weighted by molar-refractivity contribution is 7.13. The van der Waals surface area contributed by atoms with Crippen molar-refractivity contribution in [2.24, 2.45) is 0 Å². The van der Waals surface area contributed by atoms with Gasteiger partial charge in [0, 0.05) is 23.3 Å². The number of nitrogens with one attached hydrogen (secondary N) is 1. The van der Waals surface area contributed by atoms with Crippen LogP contribution in [0.15, 0.2) is 60.0 Å². The molecule has 0 atom stereocenters. The number of nitrogens with two attached hydrogens (primary N) is 1. The number of hydrogen-bond donors (Lipinski definition) is 2. The third kappa shape index (κ3) is 4.83. The first-order valence-corrected chi connectivity index (χ1v) is 9.80. The highest BCUT2D eigenvalue weighted by Gasteiger charge is 2.10. The number of aryl methyl sites for hydroxylation is 1. The molecule has 0 saturated heterocycles. The highest BCUT2D eigenvalue weighted by Crippen LogP contribution is 2.30. The molecule has 3 rings (SSSR count). The number of amides is 1. The van der Waals surface area contributed by atoms with Gasteiger partial charge in [-0.3, -0.25) is 9.59 Å². The molecule has 0 unspecified atom stereocenters. The van der Waals surface area contributed by atoms with E-state index in [2.05, 4.69) is 5.32 Å². The number of rotatable bonds is 7. The predicted molar refractivity (Wildman–Crippen MR) is 112 cm³/mol. The molecule has 1 heterocycles. The molecular formula is C22H22N2O2S. The van der Waals surface area contributed by atoms with E-state index in [9.17, 15) is 9.59 Å². The second-order valence-electron chi connectivity index (χ2n) is 6.32. The Kier molecular flexibility index (Phi) is 6.04. The van der Waals surface area contributed by atoms with Crippen LogP contribution in [0.2, 0.25) is 0 Å². The fraction of sp³-hybridized carbons (Fsp3) is 0.182. The van der Waals surface area contributed by atoms with E-state index in [0.29, 0.717) is 36.2 Å². The summed E-state index contributed by atoms with van der Waals surface area (Å²) in [5.74, 6) is 0.0409. The topological polar surface area (TPSA) is 72.2 Å². The summed E-state index contributed by atoms with van der Waals surface area (Å²) in [7, 11) is 0. The minimum Gasteiger partial charge on any atom is -0.397 e. The maximum atomic E-state index is 12.6. The third-order valence-corrected chi connectivity index (χ3v) is 5.33. The molecule has 1 amide bonds. The van der Waals surface area contributed by atoms with Gasteiger partial charge < -0.3 is 11.1 Å². The minimum absolute atomic E-state index is 0.207. The Morgan fingerprint density at radius 2 is 1.85 bits per heavy atom. The van der Waals surface area contributed by atoms with Gasteiger partial charge in [0.2, 0.25) is 0 Å². The summed E-state index contributed by atoms with van der Waals surface area (Å²) in [6.07, 6.45) is 1.80. The molecule has 0 aliphatic carbocycles. The number of ketones is 1. The van der Waals surface area contributed by atoms with Crippen LogP contribution in [-0.2, 0) is 11.2 Å². The Hall–Kier alpha value is -2.92. The molecule has 3 aromatic rings. The minimum atomic E-state index is -0.207. The first kappa shape index (κ1) is 18.9. The van der Waals surface area contributed by atoms with E-state index < -0.39 is 0 Å². The molecule has 4 nitrogen and oxygen atoms in total. The quantitative estimate of drug-likeness (QED) is 0.558. The Balaban J connectivity index is 1.70. The molecule has 1 aromatic heterocycles. The molecule has 0 bridgehead atoms. The average molecular weight is 378 g/mol. The number of thiophene rings is 1. The van der Waals surface area contributed by atoms with Crippen molar-refractivity contribution in [1.29, 1.82) is 0 Å². The van der Waals surface area contributed by atoms with Gasteiger partial charge in [0.25, 0.3) is 5.91 Å². The fourth-order valence-electron chi connectivity index (χ4n) is 2.74. The number of nitrogen functional groups attached to an aromatic ring is 1. The summed E-state index contributed by atoms with van der Waals surface area (Å²) in [5, 5.41) is 4.91. The summed E-state index contributed by atoms with van der Waals surface area (Å²) in [5.41, 5.74) is 9.78. The molecular weight excluding hydrogens is 356 g/mol. The Morgan fingerprint density at radius 1 is 1.07 bits per heavy atom. The van der Waals surface area contributed by atoms with Crippen LogP contribution in [0, 0.1) is 0 Å². The lowest BCUT2D eigenvalue weighted by Gasteiger charge is -2.10. The summed E-state index contributed by atoms with van der Waals surface area (Å²) < 4.78 is 0. The van der Waals surface area contributed by atoms with E-state index in [4.69, 9.17) is 5.73 Å². The van der Waals surface area contributed by atoms with Gasteiger partial charge in [-0.2, -0.15) is 0 Å². The smallest absolute Gasteiger partial charge is 0.255 e. The number of carbonyl (C=O) groups is 2. The van der Waals surface area contributed by atoms with Crippen molar-refractivity contribution in [1.82, 2.24) is 0 Å². The number of Topliss-reactive ketones (excluding diaryl/α,β-unsaturated/α-hetero) is 1. The number of anilines is 2. The zero-order chi connectivity index (χ0) is 19.2. The molecule has 0 radical (unpaired) electrons. The lowest BCUT2D eigenvalue weighted by molar-refractivity contribution is -0.118. The summed E-state index contributed by atoms with van der Waals surface area (Å²) in [6, 6.07) is 17.0. The van der Waals surface area contributed by atoms with E-state index in [1.54, 1.807) is 29.5 Å². The van der Waals surface area contributed by atoms with Crippen LogP contribution in [0.25, 0.3) is 10.4 Å². The molecule has 0 saturated carbocycles. The van der Waals surface area contributed by atoms with Crippen molar-refractivity contribution in [3.63, 3.8) is 0 Å². The standard InChI is InChI=1S/C22H22N2O2S/c1-2-18(25)11-7-15-5-8-16(9-6-15)22(26)24-20-14-17(10-12-19(20)23)21-4-3-13-27-21/h3-6,8-10,12-14H,2,7,11,23H2,1H3,(H,24,26). The van der Waals surface area contributed by atoms with Crippen LogP contribution < -0.4 is 11.1 Å². The monoisotopic (exact) mass is 378 g/mol. The van der Waals surface area contributed by atoms with Crippen molar-refractivity contribution in [3.8, 4) is 10.4 Å². The maximum absolute atomic E-state index is 12.6. The van der Waals surface area contributed by atoms with Crippen molar-refractivity contribution >= 4 is 34.4 Å². The second kappa shape index (κ2) is 8.64. The van der Waals surface area contributed by atoms with E-state index >= 15 is 0 Å². The first-order valence-electron chi connectivity index (χ1n) is 8.92. The summed E-state index contributed by atoms with van der Waals surface area (Å²) in [6.45, 7) is 1.87. The number of carbonyl (C=O) groups excluding carboxylic acids is 2. The van der Waals surface area contributed by atoms with Gasteiger partial charge in [-0.15, -0.1) is 11.3 Å². The molecule has 27 heavy (non-hydrogen) atoms. The van der Waals surface area contributed by atoms with Gasteiger partial charge in [0.15, 0.2) is 0 Å². The van der Waals surface area contributed by atoms with E-state index in [1.807, 2.05) is 48.7 Å². The van der Waals surface area contributed by atoms with Crippen LogP contribution in [0.3, 0.4) is 0 Å². The highest BCUT2D eigenvalue weighted by atomic mass is 32.1. The van der Waals surface area contributed by atoms with Gasteiger partial charge in [-0.05, 0) is 53.3 Å². The van der Waals surface area contributed by atoms with E-state index in [0.717, 1.165) is 16.0 Å². The van der Waals surface area contributed by atoms with Crippen molar-refractivity contribution in [3.05, 3.63) is 71.1 Å². The normalized spacial score (nSPS) is 10.6. The zero-order valence-electron chi connectivity index (χ0n) is 15.2. The third-order valence-electron chi connectivity index (χ3n) is 4.41. The van der Waals surface area contributed by atoms with Crippen molar-refractivity contribution < 1.29 is 9.59 Å². The molecule has 0 aliphatic rings. The van der Waals surface area contributed by atoms with Crippen LogP contribution >= 0.6 is 11.3 Å². The van der Waals surface area contributed by atoms with E-state index in [-0.39, 0.29) is 11.7 Å². The summed E-state index contributed by atoms with van der Waals surface area (Å²) in [4.78, 5) is 25.1. The van der Waals surface area contributed by atoms with Gasteiger partial charge in [-0.1, -0.05) is 31.2 Å². The SMILES string of the molecule is CCC(=O)CCc1ccc(C(=O)Nc2cc(-c3cccs3)ccc2N)cc1.